The molecule has 3 rings (SSSR count). The lowest BCUT2D eigenvalue weighted by molar-refractivity contribution is 0.418. The second-order valence-corrected chi connectivity index (χ2v) is 7.92. The van der Waals surface area contributed by atoms with Gasteiger partial charge in [-0.15, -0.1) is 11.3 Å². The van der Waals surface area contributed by atoms with Crippen molar-refractivity contribution in [3.63, 3.8) is 0 Å². The molecule has 1 unspecified atom stereocenters. The average Bonchev–Trinajstić information content (AvgIpc) is 3.04. The van der Waals surface area contributed by atoms with E-state index in [9.17, 15) is 8.42 Å². The van der Waals surface area contributed by atoms with Gasteiger partial charge >= 0.3 is 0 Å². The largest absolute Gasteiger partial charge is 0.297 e. The quantitative estimate of drug-likeness (QED) is 0.849. The molecule has 1 fully saturated rings. The lowest BCUT2D eigenvalue weighted by Crippen LogP contribution is -2.38. The minimum Gasteiger partial charge on any atom is -0.297 e. The van der Waals surface area contributed by atoms with E-state index in [2.05, 4.69) is 4.98 Å². The van der Waals surface area contributed by atoms with Crippen molar-refractivity contribution in [2.45, 2.75) is 12.3 Å². The normalized spacial score (nSPS) is 21.7. The third-order valence-corrected chi connectivity index (χ3v) is 6.31. The molecule has 19 heavy (non-hydrogen) atoms. The number of rotatable bonds is 3. The molecule has 0 saturated carbocycles. The highest BCUT2D eigenvalue weighted by Crippen LogP contribution is 2.32. The Bertz CT molecular complexity index is 688. The summed E-state index contributed by atoms with van der Waals surface area (Å²) in [4.78, 5) is 5.56. The molecule has 8 heteroatoms. The van der Waals surface area contributed by atoms with Gasteiger partial charge in [-0.1, -0.05) is 0 Å². The van der Waals surface area contributed by atoms with Crippen LogP contribution in [0, 0.1) is 0 Å². The molecule has 0 bridgehead atoms. The van der Waals surface area contributed by atoms with Crippen LogP contribution in [0.3, 0.4) is 0 Å². The van der Waals surface area contributed by atoms with Crippen molar-refractivity contribution in [2.75, 3.05) is 27.2 Å². The molecule has 6 nitrogen and oxygen atoms in total. The maximum atomic E-state index is 12.1. The average molecular weight is 300 g/mol. The summed E-state index contributed by atoms with van der Waals surface area (Å²) in [5.41, 5.74) is 1.02. The Labute approximate surface area is 116 Å². The Morgan fingerprint density at radius 3 is 3.00 bits per heavy atom. The van der Waals surface area contributed by atoms with Crippen molar-refractivity contribution < 1.29 is 8.42 Å². The lowest BCUT2D eigenvalue weighted by Gasteiger charge is -2.20. The highest BCUT2D eigenvalue weighted by atomic mass is 32.2. The molecule has 0 spiro atoms. The number of hydrogen-bond donors (Lipinski definition) is 0. The number of hydrogen-bond acceptors (Lipinski definition) is 4. The van der Waals surface area contributed by atoms with Crippen molar-refractivity contribution >= 4 is 26.4 Å². The first-order chi connectivity index (χ1) is 9.00. The summed E-state index contributed by atoms with van der Waals surface area (Å²) in [7, 11) is -0.173. The molecule has 2 aromatic rings. The lowest BCUT2D eigenvalue weighted by atomic mass is 10.1. The topological polar surface area (TPSA) is 57.9 Å². The van der Waals surface area contributed by atoms with E-state index in [1.165, 1.54) is 8.61 Å². The van der Waals surface area contributed by atoms with E-state index in [-0.39, 0.29) is 5.92 Å². The molecular formula is C11H16N4O2S2. The fourth-order valence-corrected chi connectivity index (χ4v) is 4.48. The van der Waals surface area contributed by atoms with E-state index in [0.29, 0.717) is 13.1 Å². The van der Waals surface area contributed by atoms with Gasteiger partial charge in [-0.3, -0.25) is 4.40 Å². The van der Waals surface area contributed by atoms with Crippen LogP contribution in [0.2, 0.25) is 0 Å². The van der Waals surface area contributed by atoms with Crippen LogP contribution >= 0.6 is 11.3 Å². The molecule has 104 valence electrons. The summed E-state index contributed by atoms with van der Waals surface area (Å²) in [6.45, 7) is 1.08. The van der Waals surface area contributed by atoms with E-state index in [1.807, 2.05) is 16.0 Å². The van der Waals surface area contributed by atoms with Gasteiger partial charge in [0.2, 0.25) is 0 Å². The zero-order valence-corrected chi connectivity index (χ0v) is 12.5. The second-order valence-electron chi connectivity index (χ2n) is 4.88. The standard InChI is InChI=1S/C11H16N4O2S2/c1-13(2)19(16,17)15-4-3-9(7-15)10-11-14(8-12-10)5-6-18-11/h5-6,8-9H,3-4,7H2,1-2H3. The number of fused-ring (bicyclic) bond motifs is 1. The molecule has 0 N–H and O–H groups in total. The van der Waals surface area contributed by atoms with Gasteiger partial charge in [-0.05, 0) is 6.42 Å². The van der Waals surface area contributed by atoms with Gasteiger partial charge in [0, 0.05) is 44.7 Å². The number of imidazole rings is 1. The smallest absolute Gasteiger partial charge is 0.281 e. The fraction of sp³-hybridized carbons (Fsp3) is 0.545. The van der Waals surface area contributed by atoms with Gasteiger partial charge < -0.3 is 0 Å². The van der Waals surface area contributed by atoms with Crippen LogP contribution in [-0.4, -0.2) is 53.6 Å². The van der Waals surface area contributed by atoms with Crippen LogP contribution < -0.4 is 0 Å². The SMILES string of the molecule is CN(C)S(=O)(=O)N1CCC(c2ncn3ccsc23)C1. The molecule has 0 aromatic carbocycles. The first-order valence-electron chi connectivity index (χ1n) is 6.08. The second kappa shape index (κ2) is 4.55. The third kappa shape index (κ3) is 2.08. The maximum absolute atomic E-state index is 12.1. The maximum Gasteiger partial charge on any atom is 0.281 e. The Morgan fingerprint density at radius 2 is 2.26 bits per heavy atom. The Balaban J connectivity index is 1.85. The molecule has 1 atom stereocenters. The van der Waals surface area contributed by atoms with Gasteiger partial charge in [-0.2, -0.15) is 17.0 Å². The molecule has 1 aliphatic rings. The fourth-order valence-electron chi connectivity index (χ4n) is 2.42. The summed E-state index contributed by atoms with van der Waals surface area (Å²) in [6, 6.07) is 0. The van der Waals surface area contributed by atoms with Crippen LogP contribution in [-0.2, 0) is 10.2 Å². The van der Waals surface area contributed by atoms with E-state index in [4.69, 9.17) is 0 Å². The van der Waals surface area contributed by atoms with Gasteiger partial charge in [0.1, 0.15) is 11.2 Å². The molecule has 1 aliphatic heterocycles. The highest BCUT2D eigenvalue weighted by molar-refractivity contribution is 7.86. The van der Waals surface area contributed by atoms with Crippen LogP contribution in [0.1, 0.15) is 18.0 Å². The number of nitrogens with zero attached hydrogens (tertiary/aromatic N) is 4. The molecule has 0 amide bonds. The molecule has 3 heterocycles. The van der Waals surface area contributed by atoms with Crippen molar-refractivity contribution in [3.05, 3.63) is 23.6 Å². The molecule has 0 aliphatic carbocycles. The third-order valence-electron chi connectivity index (χ3n) is 3.50. The van der Waals surface area contributed by atoms with Crippen LogP contribution in [0.25, 0.3) is 4.83 Å². The molecular weight excluding hydrogens is 284 g/mol. The predicted octanol–water partition coefficient (Wildman–Crippen LogP) is 0.992. The van der Waals surface area contributed by atoms with Crippen LogP contribution in [0.15, 0.2) is 17.9 Å². The van der Waals surface area contributed by atoms with Crippen molar-refractivity contribution in [1.82, 2.24) is 18.0 Å². The van der Waals surface area contributed by atoms with Gasteiger partial charge in [-0.25, -0.2) is 4.98 Å². The van der Waals surface area contributed by atoms with Crippen LogP contribution in [0.5, 0.6) is 0 Å². The van der Waals surface area contributed by atoms with E-state index in [1.54, 1.807) is 31.8 Å². The van der Waals surface area contributed by atoms with Gasteiger partial charge in [0.15, 0.2) is 0 Å². The zero-order valence-electron chi connectivity index (χ0n) is 10.9. The Hall–Kier alpha value is -0.960. The first-order valence-corrected chi connectivity index (χ1v) is 8.35. The molecule has 2 aromatic heterocycles. The summed E-state index contributed by atoms with van der Waals surface area (Å²) in [5.74, 6) is 0.193. The minimum atomic E-state index is -3.31. The van der Waals surface area contributed by atoms with Crippen molar-refractivity contribution in [2.24, 2.45) is 0 Å². The first kappa shape index (κ1) is 13.0. The van der Waals surface area contributed by atoms with Crippen molar-refractivity contribution in [3.8, 4) is 0 Å². The zero-order chi connectivity index (χ0) is 13.6. The van der Waals surface area contributed by atoms with Gasteiger partial charge in [0.25, 0.3) is 10.2 Å². The monoisotopic (exact) mass is 300 g/mol. The van der Waals surface area contributed by atoms with E-state index < -0.39 is 10.2 Å². The van der Waals surface area contributed by atoms with Crippen molar-refractivity contribution in [1.29, 1.82) is 0 Å². The number of aromatic nitrogens is 2. The van der Waals surface area contributed by atoms with E-state index >= 15 is 0 Å². The highest BCUT2D eigenvalue weighted by Gasteiger charge is 2.35. The Morgan fingerprint density at radius 1 is 1.47 bits per heavy atom. The summed E-state index contributed by atoms with van der Waals surface area (Å²) < 4.78 is 29.0. The predicted molar refractivity (Wildman–Crippen MR) is 74.6 cm³/mol. The Kier molecular flexibility index (Phi) is 3.12. The number of thiazole rings is 1. The summed E-state index contributed by atoms with van der Waals surface area (Å²) >= 11 is 1.64. The minimum absolute atomic E-state index is 0.193. The molecule has 1 saturated heterocycles. The van der Waals surface area contributed by atoms with E-state index in [0.717, 1.165) is 16.9 Å². The van der Waals surface area contributed by atoms with Crippen LogP contribution in [0.4, 0.5) is 0 Å². The summed E-state index contributed by atoms with van der Waals surface area (Å²) in [6.07, 6.45) is 4.60. The summed E-state index contributed by atoms with van der Waals surface area (Å²) in [5, 5.41) is 2.02. The molecule has 0 radical (unpaired) electrons. The van der Waals surface area contributed by atoms with Gasteiger partial charge in [0.05, 0.1) is 5.69 Å².